The molecule has 2 heterocycles. The molecule has 4 aromatic rings. The average Bonchev–Trinajstić information content (AvgIpc) is 3.84. The molecule has 3 aromatic carbocycles. The number of carbonyl (C=O) groups excluding carboxylic acids is 2. The number of ether oxygens (including phenoxy) is 1. The highest BCUT2D eigenvalue weighted by Crippen LogP contribution is 2.57. The number of rotatable bonds is 6. The van der Waals surface area contributed by atoms with E-state index in [9.17, 15) is 14.7 Å². The van der Waals surface area contributed by atoms with E-state index in [2.05, 4.69) is 46.7 Å². The van der Waals surface area contributed by atoms with Gasteiger partial charge in [-0.25, -0.2) is 9.78 Å². The van der Waals surface area contributed by atoms with Gasteiger partial charge in [0.2, 0.25) is 5.91 Å². The summed E-state index contributed by atoms with van der Waals surface area (Å²) in [5.41, 5.74) is 12.5. The van der Waals surface area contributed by atoms with Gasteiger partial charge >= 0.3 is 6.09 Å². The maximum Gasteiger partial charge on any atom is 0.407 e. The van der Waals surface area contributed by atoms with E-state index in [4.69, 9.17) is 9.72 Å². The number of phenols is 1. The number of carbonyl (C=O) groups is 2. The fourth-order valence-electron chi connectivity index (χ4n) is 8.76. The molecule has 0 bridgehead atoms. The van der Waals surface area contributed by atoms with Crippen molar-refractivity contribution in [1.29, 1.82) is 0 Å². The third-order valence-electron chi connectivity index (χ3n) is 11.2. The van der Waals surface area contributed by atoms with E-state index in [0.717, 1.165) is 66.9 Å². The Morgan fingerprint density at radius 2 is 1.78 bits per heavy atom. The molecule has 46 heavy (non-hydrogen) atoms. The summed E-state index contributed by atoms with van der Waals surface area (Å²) in [6.45, 7) is 4.49. The van der Waals surface area contributed by atoms with Gasteiger partial charge in [0.25, 0.3) is 0 Å². The Balaban J connectivity index is 1.13. The average molecular weight is 619 g/mol. The fraction of sp³-hybridized carbons (Fsp3) is 0.447. The Bertz CT molecular complexity index is 1880. The molecule has 8 heteroatoms. The highest BCUT2D eigenvalue weighted by molar-refractivity contribution is 5.88. The Labute approximate surface area is 269 Å². The number of hydrogen-bond acceptors (Lipinski definition) is 5. The Morgan fingerprint density at radius 3 is 2.57 bits per heavy atom. The molecule has 238 valence electrons. The predicted octanol–water partition coefficient (Wildman–Crippen LogP) is 7.19. The zero-order valence-corrected chi connectivity index (χ0v) is 26.9. The molecule has 1 aliphatic heterocycles. The minimum Gasteiger partial charge on any atom is -0.508 e. The van der Waals surface area contributed by atoms with Crippen molar-refractivity contribution in [3.05, 3.63) is 70.5 Å². The molecule has 0 spiro atoms. The van der Waals surface area contributed by atoms with Gasteiger partial charge in [-0.3, -0.25) is 4.79 Å². The van der Waals surface area contributed by atoms with Gasteiger partial charge in [-0.15, -0.1) is 0 Å². The van der Waals surface area contributed by atoms with Crippen LogP contribution in [0.4, 0.5) is 4.79 Å². The van der Waals surface area contributed by atoms with Gasteiger partial charge in [-0.1, -0.05) is 38.1 Å². The molecule has 8 rings (SSSR count). The van der Waals surface area contributed by atoms with Crippen LogP contribution in [0.5, 0.6) is 5.75 Å². The SMILES string of the molecule is COC(=O)N[C@H](C(=O)N1CCC[C@H]1c1nc2ccc(-c3ccc(-c4ccc(O)c5c4CCC5)c4c3CC3CCC43)cc2[nH]1)C(C)C. The zero-order valence-electron chi connectivity index (χ0n) is 26.9. The first kappa shape index (κ1) is 29.1. The predicted molar refractivity (Wildman–Crippen MR) is 178 cm³/mol. The number of nitrogens with one attached hydrogen (secondary N) is 2. The van der Waals surface area contributed by atoms with Crippen LogP contribution in [0.3, 0.4) is 0 Å². The standard InChI is InChI=1S/C38H42N4O4/c1-20(2)35(41-38(45)46-3)37(44)42-17-5-8-32(42)36-39-30-15-10-22(19-31(30)40-36)23-12-13-28(34-24-11-9-21(24)18-29(23)34)26-14-16-33(43)27-7-4-6-25(26)27/h10,12-16,19-21,24,32,35,43H,4-9,11,17-18H2,1-3H3,(H,39,40)(H,41,45)/t21?,24?,32-,35-/m0/s1. The first-order chi connectivity index (χ1) is 22.3. The highest BCUT2D eigenvalue weighted by Gasteiger charge is 2.42. The Kier molecular flexibility index (Phi) is 7.07. The van der Waals surface area contributed by atoms with E-state index in [1.54, 1.807) is 0 Å². The maximum atomic E-state index is 13.7. The molecule has 1 saturated heterocycles. The Morgan fingerprint density at radius 1 is 0.978 bits per heavy atom. The third-order valence-corrected chi connectivity index (χ3v) is 11.2. The van der Waals surface area contributed by atoms with Gasteiger partial charge in [0, 0.05) is 6.54 Å². The molecular formula is C38H42N4O4. The van der Waals surface area contributed by atoms with E-state index in [1.807, 2.05) is 24.8 Å². The lowest BCUT2D eigenvalue weighted by atomic mass is 9.72. The summed E-state index contributed by atoms with van der Waals surface area (Å²) in [4.78, 5) is 36.0. The number of fused-ring (bicyclic) bond motifs is 5. The monoisotopic (exact) mass is 618 g/mol. The number of benzene rings is 3. The molecule has 1 aromatic heterocycles. The summed E-state index contributed by atoms with van der Waals surface area (Å²) in [5.74, 6) is 2.39. The quantitative estimate of drug-likeness (QED) is 0.212. The molecule has 1 saturated carbocycles. The molecule has 3 N–H and O–H groups in total. The summed E-state index contributed by atoms with van der Waals surface area (Å²) in [5, 5.41) is 13.3. The lowest BCUT2D eigenvalue weighted by Gasteiger charge is -2.32. The van der Waals surface area contributed by atoms with Crippen LogP contribution in [-0.4, -0.2) is 51.7 Å². The van der Waals surface area contributed by atoms with Crippen LogP contribution in [0.2, 0.25) is 0 Å². The zero-order chi connectivity index (χ0) is 31.7. The second-order valence-corrected chi connectivity index (χ2v) is 14.0. The van der Waals surface area contributed by atoms with Gasteiger partial charge in [-0.05, 0) is 132 Å². The van der Waals surface area contributed by atoms with Crippen molar-refractivity contribution in [2.24, 2.45) is 11.8 Å². The second kappa shape index (κ2) is 11.2. The Hall–Kier alpha value is -4.33. The van der Waals surface area contributed by atoms with Crippen LogP contribution in [0.15, 0.2) is 42.5 Å². The van der Waals surface area contributed by atoms with E-state index >= 15 is 0 Å². The minimum atomic E-state index is -0.660. The van der Waals surface area contributed by atoms with Crippen molar-refractivity contribution in [1.82, 2.24) is 20.2 Å². The largest absolute Gasteiger partial charge is 0.508 e. The molecule has 4 aliphatic rings. The van der Waals surface area contributed by atoms with Crippen LogP contribution in [0, 0.1) is 11.8 Å². The lowest BCUT2D eigenvalue weighted by Crippen LogP contribution is -2.51. The second-order valence-electron chi connectivity index (χ2n) is 14.0. The number of imidazole rings is 1. The number of amides is 2. The summed E-state index contributed by atoms with van der Waals surface area (Å²) in [7, 11) is 1.31. The summed E-state index contributed by atoms with van der Waals surface area (Å²) < 4.78 is 4.79. The molecule has 4 atom stereocenters. The fourth-order valence-corrected chi connectivity index (χ4v) is 8.76. The van der Waals surface area contributed by atoms with Gasteiger partial charge in [0.15, 0.2) is 0 Å². The van der Waals surface area contributed by atoms with Crippen molar-refractivity contribution in [3.63, 3.8) is 0 Å². The number of aromatic amines is 1. The van der Waals surface area contributed by atoms with Crippen molar-refractivity contribution >= 4 is 23.0 Å². The summed E-state index contributed by atoms with van der Waals surface area (Å²) in [6, 6.07) is 14.4. The van der Waals surface area contributed by atoms with Crippen molar-refractivity contribution in [3.8, 4) is 28.0 Å². The van der Waals surface area contributed by atoms with Crippen LogP contribution in [0.25, 0.3) is 33.3 Å². The number of hydrogen-bond donors (Lipinski definition) is 3. The van der Waals surface area contributed by atoms with Gasteiger partial charge in [-0.2, -0.15) is 0 Å². The van der Waals surface area contributed by atoms with Gasteiger partial charge in [0.1, 0.15) is 17.6 Å². The normalized spacial score (nSPS) is 22.0. The third kappa shape index (κ3) is 4.59. The number of alkyl carbamates (subject to hydrolysis) is 1. The number of aromatic hydroxyl groups is 1. The topological polar surface area (TPSA) is 108 Å². The number of methoxy groups -OCH3 is 1. The van der Waals surface area contributed by atoms with E-state index in [-0.39, 0.29) is 17.9 Å². The number of phenolic OH excluding ortho intramolecular Hbond substituents is 1. The molecular weight excluding hydrogens is 576 g/mol. The summed E-state index contributed by atoms with van der Waals surface area (Å²) in [6.07, 6.45) is 7.86. The van der Waals surface area contributed by atoms with Crippen molar-refractivity contribution in [2.45, 2.75) is 83.2 Å². The smallest absolute Gasteiger partial charge is 0.407 e. The summed E-state index contributed by atoms with van der Waals surface area (Å²) >= 11 is 0. The highest BCUT2D eigenvalue weighted by atomic mass is 16.5. The molecule has 2 unspecified atom stereocenters. The first-order valence-corrected chi connectivity index (χ1v) is 17.0. The van der Waals surface area contributed by atoms with E-state index < -0.39 is 12.1 Å². The minimum absolute atomic E-state index is 0.0793. The molecule has 3 aliphatic carbocycles. The van der Waals surface area contributed by atoms with E-state index in [1.165, 1.54) is 58.9 Å². The van der Waals surface area contributed by atoms with E-state index in [0.29, 0.717) is 18.2 Å². The maximum absolute atomic E-state index is 13.7. The lowest BCUT2D eigenvalue weighted by molar-refractivity contribution is -0.135. The first-order valence-electron chi connectivity index (χ1n) is 17.0. The van der Waals surface area contributed by atoms with Crippen LogP contribution >= 0.6 is 0 Å². The molecule has 8 nitrogen and oxygen atoms in total. The number of aromatic nitrogens is 2. The number of H-pyrrole nitrogens is 1. The van der Waals surface area contributed by atoms with Crippen molar-refractivity contribution in [2.75, 3.05) is 13.7 Å². The molecule has 2 amide bonds. The number of likely N-dealkylation sites (tertiary alicyclic amines) is 1. The molecule has 2 fully saturated rings. The van der Waals surface area contributed by atoms with Crippen LogP contribution in [0.1, 0.15) is 86.0 Å². The van der Waals surface area contributed by atoms with Crippen LogP contribution in [-0.2, 0) is 28.8 Å². The van der Waals surface area contributed by atoms with Gasteiger partial charge in [0.05, 0.1) is 24.2 Å². The van der Waals surface area contributed by atoms with Crippen LogP contribution < -0.4 is 5.32 Å². The van der Waals surface area contributed by atoms with Crippen molar-refractivity contribution < 1.29 is 19.4 Å². The number of nitrogens with zero attached hydrogens (tertiary/aromatic N) is 2. The molecule has 0 radical (unpaired) electrons. The van der Waals surface area contributed by atoms with Gasteiger partial charge < -0.3 is 25.0 Å².